The van der Waals surface area contributed by atoms with Crippen LogP contribution in [0.1, 0.15) is 30.0 Å². The number of esters is 1. The Hall–Kier alpha value is -3.92. The second kappa shape index (κ2) is 8.62. The Morgan fingerprint density at radius 1 is 1.03 bits per heavy atom. The molecule has 0 saturated heterocycles. The third kappa shape index (κ3) is 3.80. The van der Waals surface area contributed by atoms with E-state index in [9.17, 15) is 4.79 Å². The molecule has 2 aromatic heterocycles. The fourth-order valence-corrected chi connectivity index (χ4v) is 3.64. The van der Waals surface area contributed by atoms with Gasteiger partial charge in [-0.25, -0.2) is 9.78 Å². The van der Waals surface area contributed by atoms with Crippen LogP contribution in [0.25, 0.3) is 16.7 Å². The van der Waals surface area contributed by atoms with Crippen LogP contribution in [0, 0.1) is 0 Å². The highest BCUT2D eigenvalue weighted by atomic mass is 16.5. The fourth-order valence-electron chi connectivity index (χ4n) is 3.64. The molecular weight excluding hydrogens is 372 g/mol. The second-order valence-electron chi connectivity index (χ2n) is 6.84. The van der Waals surface area contributed by atoms with Crippen molar-refractivity contribution in [3.05, 3.63) is 115 Å². The zero-order valence-corrected chi connectivity index (χ0v) is 16.8. The van der Waals surface area contributed by atoms with Crippen molar-refractivity contribution in [2.75, 3.05) is 0 Å². The van der Waals surface area contributed by atoms with Crippen molar-refractivity contribution in [1.29, 1.82) is 0 Å². The molecule has 0 aliphatic heterocycles. The van der Waals surface area contributed by atoms with E-state index in [1.165, 1.54) is 6.08 Å². The van der Waals surface area contributed by atoms with Crippen molar-refractivity contribution >= 4 is 22.6 Å². The van der Waals surface area contributed by atoms with Crippen molar-refractivity contribution < 1.29 is 9.53 Å². The monoisotopic (exact) mass is 394 g/mol. The molecule has 4 heteroatoms. The van der Waals surface area contributed by atoms with Crippen LogP contribution in [-0.2, 0) is 4.79 Å². The number of hydrogen-bond donors (Lipinski definition) is 0. The standard InChI is InChI=1S/C26H22N2O2/c1-3-22(19-10-6-5-7-11-19)26(20-14-15-21-16-27-18-28(21)17-20)23-12-8-9-13-24(23)30-25(29)4-2/h4-18H,2-3H2,1H3/b26-22+. The molecule has 0 aliphatic carbocycles. The van der Waals surface area contributed by atoms with Crippen molar-refractivity contribution in [2.24, 2.45) is 0 Å². The van der Waals surface area contributed by atoms with Crippen LogP contribution in [0.5, 0.6) is 5.75 Å². The van der Waals surface area contributed by atoms with Crippen LogP contribution in [0.2, 0.25) is 0 Å². The topological polar surface area (TPSA) is 43.6 Å². The van der Waals surface area contributed by atoms with Crippen LogP contribution in [0.3, 0.4) is 0 Å². The van der Waals surface area contributed by atoms with Gasteiger partial charge < -0.3 is 9.14 Å². The van der Waals surface area contributed by atoms with E-state index in [1.807, 2.05) is 59.1 Å². The maximum absolute atomic E-state index is 12.0. The third-order valence-corrected chi connectivity index (χ3v) is 5.01. The van der Waals surface area contributed by atoms with E-state index < -0.39 is 5.97 Å². The minimum atomic E-state index is -0.482. The molecule has 0 fully saturated rings. The minimum Gasteiger partial charge on any atom is -0.423 e. The quantitative estimate of drug-likeness (QED) is 0.180. The number of benzene rings is 2. The van der Waals surface area contributed by atoms with Crippen LogP contribution in [0.4, 0.5) is 0 Å². The molecular formula is C26H22N2O2. The van der Waals surface area contributed by atoms with Gasteiger partial charge in [-0.2, -0.15) is 0 Å². The lowest BCUT2D eigenvalue weighted by Gasteiger charge is -2.18. The van der Waals surface area contributed by atoms with E-state index in [4.69, 9.17) is 4.74 Å². The highest BCUT2D eigenvalue weighted by Crippen LogP contribution is 2.38. The summed E-state index contributed by atoms with van der Waals surface area (Å²) in [4.78, 5) is 16.2. The van der Waals surface area contributed by atoms with E-state index in [0.29, 0.717) is 5.75 Å². The number of nitrogens with zero attached hydrogens (tertiary/aromatic N) is 2. The predicted octanol–water partition coefficient (Wildman–Crippen LogP) is 5.79. The number of para-hydroxylation sites is 1. The molecule has 2 aromatic carbocycles. The van der Waals surface area contributed by atoms with E-state index in [1.54, 1.807) is 6.33 Å². The number of imidazole rings is 1. The molecule has 0 atom stereocenters. The molecule has 0 aliphatic rings. The Kier molecular flexibility index (Phi) is 5.57. The molecule has 0 bridgehead atoms. The molecule has 148 valence electrons. The van der Waals surface area contributed by atoms with Crippen molar-refractivity contribution in [3.63, 3.8) is 0 Å². The fraction of sp³-hybridized carbons (Fsp3) is 0.0769. The van der Waals surface area contributed by atoms with Gasteiger partial charge in [0.2, 0.25) is 0 Å². The molecule has 4 rings (SSSR count). The van der Waals surface area contributed by atoms with Crippen molar-refractivity contribution in [3.8, 4) is 5.75 Å². The minimum absolute atomic E-state index is 0.482. The summed E-state index contributed by atoms with van der Waals surface area (Å²) in [6.07, 6.45) is 7.65. The molecule has 4 nitrogen and oxygen atoms in total. The first-order valence-corrected chi connectivity index (χ1v) is 9.85. The SMILES string of the molecule is C=CC(=O)Oc1ccccc1/C(=C(\CC)c1ccccc1)c1ccc2cncn2c1. The number of fused-ring (bicyclic) bond motifs is 1. The van der Waals surface area contributed by atoms with Crippen molar-refractivity contribution in [2.45, 2.75) is 13.3 Å². The Bertz CT molecular complexity index is 1240. The first kappa shape index (κ1) is 19.4. The Morgan fingerprint density at radius 2 is 1.80 bits per heavy atom. The molecule has 0 saturated carbocycles. The summed E-state index contributed by atoms with van der Waals surface area (Å²) < 4.78 is 7.58. The van der Waals surface area contributed by atoms with E-state index in [2.05, 4.69) is 42.9 Å². The molecule has 2 heterocycles. The van der Waals surface area contributed by atoms with Gasteiger partial charge in [0.25, 0.3) is 0 Å². The molecule has 0 amide bonds. The lowest BCUT2D eigenvalue weighted by atomic mass is 9.88. The summed E-state index contributed by atoms with van der Waals surface area (Å²) in [5.41, 5.74) is 6.20. The van der Waals surface area contributed by atoms with Crippen LogP contribution in [-0.4, -0.2) is 15.4 Å². The van der Waals surface area contributed by atoms with Gasteiger partial charge in [-0.3, -0.25) is 0 Å². The lowest BCUT2D eigenvalue weighted by Crippen LogP contribution is -2.06. The number of rotatable bonds is 6. The summed E-state index contributed by atoms with van der Waals surface area (Å²) in [5, 5.41) is 0. The zero-order valence-electron chi connectivity index (χ0n) is 16.8. The number of ether oxygens (including phenoxy) is 1. The Morgan fingerprint density at radius 3 is 2.57 bits per heavy atom. The first-order valence-electron chi connectivity index (χ1n) is 9.85. The van der Waals surface area contributed by atoms with E-state index in [-0.39, 0.29) is 0 Å². The lowest BCUT2D eigenvalue weighted by molar-refractivity contribution is -0.128. The number of pyridine rings is 1. The molecule has 0 radical (unpaired) electrons. The largest absolute Gasteiger partial charge is 0.423 e. The van der Waals surface area contributed by atoms with Gasteiger partial charge in [0.15, 0.2) is 0 Å². The number of hydrogen-bond acceptors (Lipinski definition) is 3. The molecule has 0 unspecified atom stereocenters. The average molecular weight is 394 g/mol. The van der Waals surface area contributed by atoms with Crippen LogP contribution >= 0.6 is 0 Å². The maximum atomic E-state index is 12.0. The normalized spacial score (nSPS) is 11.8. The molecule has 30 heavy (non-hydrogen) atoms. The maximum Gasteiger partial charge on any atom is 0.335 e. The smallest absolute Gasteiger partial charge is 0.335 e. The Labute approximate surface area is 175 Å². The van der Waals surface area contributed by atoms with E-state index in [0.717, 1.165) is 39.8 Å². The molecule has 0 N–H and O–H groups in total. The average Bonchev–Trinajstić information content (AvgIpc) is 3.26. The van der Waals surface area contributed by atoms with Gasteiger partial charge >= 0.3 is 5.97 Å². The van der Waals surface area contributed by atoms with E-state index >= 15 is 0 Å². The van der Waals surface area contributed by atoms with Gasteiger partial charge in [-0.05, 0) is 40.8 Å². The summed E-state index contributed by atoms with van der Waals surface area (Å²) in [6.45, 7) is 5.66. The Balaban J connectivity index is 2.01. The van der Waals surface area contributed by atoms with Gasteiger partial charge in [0, 0.05) is 17.8 Å². The third-order valence-electron chi connectivity index (χ3n) is 5.01. The van der Waals surface area contributed by atoms with Gasteiger partial charge in [0.05, 0.1) is 18.0 Å². The van der Waals surface area contributed by atoms with Crippen LogP contribution in [0.15, 0.2) is 98.1 Å². The van der Waals surface area contributed by atoms with Crippen LogP contribution < -0.4 is 4.74 Å². The summed E-state index contributed by atoms with van der Waals surface area (Å²) in [5.74, 6) is 0.0228. The number of aromatic nitrogens is 2. The highest BCUT2D eigenvalue weighted by Gasteiger charge is 2.18. The number of carbonyl (C=O) groups is 1. The number of carbonyl (C=O) groups excluding carboxylic acids is 1. The molecule has 0 spiro atoms. The summed E-state index contributed by atoms with van der Waals surface area (Å²) in [7, 11) is 0. The first-order chi connectivity index (χ1) is 14.7. The number of allylic oxidation sites excluding steroid dienone is 1. The summed E-state index contributed by atoms with van der Waals surface area (Å²) in [6, 6.07) is 22.0. The predicted molar refractivity (Wildman–Crippen MR) is 120 cm³/mol. The second-order valence-corrected chi connectivity index (χ2v) is 6.84. The summed E-state index contributed by atoms with van der Waals surface area (Å²) >= 11 is 0. The van der Waals surface area contributed by atoms with Gasteiger partial charge in [-0.15, -0.1) is 0 Å². The van der Waals surface area contributed by atoms with Crippen molar-refractivity contribution in [1.82, 2.24) is 9.38 Å². The zero-order chi connectivity index (χ0) is 20.9. The van der Waals surface area contributed by atoms with Gasteiger partial charge in [-0.1, -0.05) is 68.1 Å². The highest BCUT2D eigenvalue weighted by molar-refractivity contribution is 6.00. The molecule has 4 aromatic rings. The van der Waals surface area contributed by atoms with Gasteiger partial charge in [0.1, 0.15) is 5.75 Å².